The number of aromatic nitrogens is 2. The Bertz CT molecular complexity index is 562. The van der Waals surface area contributed by atoms with E-state index in [1.165, 1.54) is 6.07 Å². The van der Waals surface area contributed by atoms with Crippen molar-refractivity contribution in [1.29, 1.82) is 0 Å². The van der Waals surface area contributed by atoms with Crippen molar-refractivity contribution in [2.75, 3.05) is 17.2 Å². The minimum Gasteiger partial charge on any atom is -0.366 e. The number of benzene rings is 1. The predicted molar refractivity (Wildman–Crippen MR) is 74.9 cm³/mol. The van der Waals surface area contributed by atoms with Gasteiger partial charge in [0.05, 0.1) is 5.02 Å². The smallest absolute Gasteiger partial charge is 0.224 e. The molecule has 0 unspecified atom stereocenters. The molecule has 0 amide bonds. The van der Waals surface area contributed by atoms with E-state index in [1.807, 2.05) is 6.92 Å². The summed E-state index contributed by atoms with van der Waals surface area (Å²) < 4.78 is 13.0. The Hall–Kier alpha value is -1.88. The number of hydrogen-bond donors (Lipinski definition) is 2. The summed E-state index contributed by atoms with van der Waals surface area (Å²) in [5.74, 6) is 0.859. The number of anilines is 2. The fraction of sp³-hybridized carbons (Fsp3) is 0.231. The second-order valence-electron chi connectivity index (χ2n) is 3.90. The van der Waals surface area contributed by atoms with Crippen LogP contribution in [0.15, 0.2) is 30.5 Å². The zero-order valence-electron chi connectivity index (χ0n) is 10.5. The molecule has 19 heavy (non-hydrogen) atoms. The van der Waals surface area contributed by atoms with Gasteiger partial charge in [0.25, 0.3) is 0 Å². The van der Waals surface area contributed by atoms with Crippen LogP contribution in [0.2, 0.25) is 5.02 Å². The third kappa shape index (κ3) is 3.79. The van der Waals surface area contributed by atoms with Crippen molar-refractivity contribution in [1.82, 2.24) is 9.97 Å². The summed E-state index contributed by atoms with van der Waals surface area (Å²) in [6.45, 7) is 3.25. The van der Waals surface area contributed by atoms with E-state index in [0.717, 1.165) is 12.1 Å². The number of rotatable bonds is 5. The predicted octanol–water partition coefficient (Wildman–Crippen LogP) is 3.31. The van der Waals surface area contributed by atoms with Crippen LogP contribution in [0.4, 0.5) is 16.2 Å². The molecule has 0 fully saturated rings. The van der Waals surface area contributed by atoms with E-state index in [1.54, 1.807) is 24.4 Å². The normalized spacial score (nSPS) is 10.3. The quantitative estimate of drug-likeness (QED) is 0.882. The molecule has 0 bridgehead atoms. The summed E-state index contributed by atoms with van der Waals surface area (Å²) in [6, 6.07) is 6.40. The Morgan fingerprint density at radius 1 is 1.26 bits per heavy atom. The monoisotopic (exact) mass is 280 g/mol. The van der Waals surface area contributed by atoms with E-state index < -0.39 is 5.82 Å². The van der Waals surface area contributed by atoms with Crippen molar-refractivity contribution in [3.05, 3.63) is 46.9 Å². The highest BCUT2D eigenvalue weighted by molar-refractivity contribution is 6.30. The Morgan fingerprint density at radius 3 is 2.84 bits per heavy atom. The molecule has 6 heteroatoms. The summed E-state index contributed by atoms with van der Waals surface area (Å²) in [6.07, 6.45) is 1.67. The van der Waals surface area contributed by atoms with Gasteiger partial charge in [0.2, 0.25) is 5.95 Å². The van der Waals surface area contributed by atoms with Gasteiger partial charge in [-0.25, -0.2) is 9.37 Å². The number of nitrogens with one attached hydrogen (secondary N) is 2. The van der Waals surface area contributed by atoms with E-state index in [2.05, 4.69) is 20.6 Å². The third-order valence-electron chi connectivity index (χ3n) is 2.45. The summed E-state index contributed by atoms with van der Waals surface area (Å²) in [4.78, 5) is 8.35. The van der Waals surface area contributed by atoms with Crippen LogP contribution in [0.3, 0.4) is 0 Å². The molecule has 100 valence electrons. The Morgan fingerprint density at radius 2 is 2.11 bits per heavy atom. The lowest BCUT2D eigenvalue weighted by Crippen LogP contribution is -2.06. The van der Waals surface area contributed by atoms with Gasteiger partial charge in [0, 0.05) is 19.3 Å². The standard InChI is InChI=1S/C13H14ClFN4/c1-2-16-13-17-6-5-12(19-13)18-8-9-3-4-11(15)10(14)7-9/h3-7H,2,8H2,1H3,(H2,16,17,18,19). The first-order chi connectivity index (χ1) is 9.19. The molecule has 0 saturated heterocycles. The minimum atomic E-state index is -0.415. The molecule has 0 atom stereocenters. The molecule has 1 aromatic heterocycles. The van der Waals surface area contributed by atoms with Gasteiger partial charge in [0.15, 0.2) is 0 Å². The van der Waals surface area contributed by atoms with Crippen molar-refractivity contribution in [3.63, 3.8) is 0 Å². The molecule has 2 rings (SSSR count). The highest BCUT2D eigenvalue weighted by Gasteiger charge is 2.02. The molecule has 1 aromatic carbocycles. The van der Waals surface area contributed by atoms with Gasteiger partial charge in [-0.05, 0) is 30.7 Å². The van der Waals surface area contributed by atoms with Crippen LogP contribution in [-0.2, 0) is 6.54 Å². The first-order valence-corrected chi connectivity index (χ1v) is 6.31. The van der Waals surface area contributed by atoms with Crippen LogP contribution >= 0.6 is 11.6 Å². The third-order valence-corrected chi connectivity index (χ3v) is 2.74. The molecule has 0 saturated carbocycles. The van der Waals surface area contributed by atoms with Crippen LogP contribution in [0.25, 0.3) is 0 Å². The van der Waals surface area contributed by atoms with Gasteiger partial charge in [-0.2, -0.15) is 4.98 Å². The van der Waals surface area contributed by atoms with E-state index >= 15 is 0 Å². The molecule has 0 spiro atoms. The van der Waals surface area contributed by atoms with Crippen molar-refractivity contribution in [2.45, 2.75) is 13.5 Å². The van der Waals surface area contributed by atoms with E-state index in [4.69, 9.17) is 11.6 Å². The fourth-order valence-corrected chi connectivity index (χ4v) is 1.75. The highest BCUT2D eigenvalue weighted by Crippen LogP contribution is 2.17. The van der Waals surface area contributed by atoms with Crippen molar-refractivity contribution < 1.29 is 4.39 Å². The lowest BCUT2D eigenvalue weighted by molar-refractivity contribution is 0.627. The largest absolute Gasteiger partial charge is 0.366 e. The van der Waals surface area contributed by atoms with Crippen molar-refractivity contribution in [2.24, 2.45) is 0 Å². The van der Waals surface area contributed by atoms with Crippen LogP contribution < -0.4 is 10.6 Å². The highest BCUT2D eigenvalue weighted by atomic mass is 35.5. The maximum absolute atomic E-state index is 13.0. The van der Waals surface area contributed by atoms with Crippen molar-refractivity contribution >= 4 is 23.4 Å². The lowest BCUT2D eigenvalue weighted by Gasteiger charge is -2.08. The summed E-state index contributed by atoms with van der Waals surface area (Å²) in [5.41, 5.74) is 0.884. The van der Waals surface area contributed by atoms with Crippen LogP contribution in [0.1, 0.15) is 12.5 Å². The molecular formula is C13H14ClFN4. The molecule has 0 aliphatic heterocycles. The van der Waals surface area contributed by atoms with Gasteiger partial charge in [-0.15, -0.1) is 0 Å². The number of nitrogens with zero attached hydrogens (tertiary/aromatic N) is 2. The average Bonchev–Trinajstić information content (AvgIpc) is 2.41. The first kappa shape index (κ1) is 13.5. The maximum Gasteiger partial charge on any atom is 0.224 e. The second kappa shape index (κ2) is 6.33. The van der Waals surface area contributed by atoms with E-state index in [-0.39, 0.29) is 5.02 Å². The second-order valence-corrected chi connectivity index (χ2v) is 4.31. The molecular weight excluding hydrogens is 267 g/mol. The summed E-state index contributed by atoms with van der Waals surface area (Å²) in [5, 5.41) is 6.28. The SMILES string of the molecule is CCNc1nccc(NCc2ccc(F)c(Cl)c2)n1. The minimum absolute atomic E-state index is 0.121. The average molecular weight is 281 g/mol. The molecule has 0 aliphatic rings. The summed E-state index contributed by atoms with van der Waals surface area (Å²) >= 11 is 5.72. The maximum atomic E-state index is 13.0. The molecule has 0 aliphatic carbocycles. The first-order valence-electron chi connectivity index (χ1n) is 5.93. The number of halogens is 2. The molecule has 1 heterocycles. The van der Waals surface area contributed by atoms with Gasteiger partial charge < -0.3 is 10.6 Å². The van der Waals surface area contributed by atoms with Gasteiger partial charge >= 0.3 is 0 Å². The zero-order chi connectivity index (χ0) is 13.7. The van der Waals surface area contributed by atoms with Gasteiger partial charge in [-0.1, -0.05) is 17.7 Å². The van der Waals surface area contributed by atoms with E-state index in [9.17, 15) is 4.39 Å². The van der Waals surface area contributed by atoms with Crippen LogP contribution in [0, 0.1) is 5.82 Å². The van der Waals surface area contributed by atoms with Gasteiger partial charge in [-0.3, -0.25) is 0 Å². The topological polar surface area (TPSA) is 49.8 Å². The molecule has 2 aromatic rings. The van der Waals surface area contributed by atoms with Gasteiger partial charge in [0.1, 0.15) is 11.6 Å². The number of hydrogen-bond acceptors (Lipinski definition) is 4. The molecule has 2 N–H and O–H groups in total. The fourth-order valence-electron chi connectivity index (χ4n) is 1.54. The van der Waals surface area contributed by atoms with Crippen LogP contribution in [0.5, 0.6) is 0 Å². The van der Waals surface area contributed by atoms with E-state index in [0.29, 0.717) is 18.3 Å². The zero-order valence-corrected chi connectivity index (χ0v) is 11.2. The van der Waals surface area contributed by atoms with Crippen LogP contribution in [-0.4, -0.2) is 16.5 Å². The molecule has 0 radical (unpaired) electrons. The molecule has 4 nitrogen and oxygen atoms in total. The Kier molecular flexibility index (Phi) is 4.52. The Balaban J connectivity index is 2.01. The Labute approximate surface area is 116 Å². The lowest BCUT2D eigenvalue weighted by atomic mass is 10.2. The van der Waals surface area contributed by atoms with Crippen molar-refractivity contribution in [3.8, 4) is 0 Å². The summed E-state index contributed by atoms with van der Waals surface area (Å²) in [7, 11) is 0.